The molecule has 5 nitrogen and oxygen atoms in total. The van der Waals surface area contributed by atoms with Crippen LogP contribution in [0.1, 0.15) is 24.2 Å². The normalized spacial score (nSPS) is 10.2. The summed E-state index contributed by atoms with van der Waals surface area (Å²) in [5.41, 5.74) is 0.950. The van der Waals surface area contributed by atoms with Gasteiger partial charge in [-0.15, -0.1) is 0 Å². The van der Waals surface area contributed by atoms with E-state index in [4.69, 9.17) is 25.8 Å². The zero-order chi connectivity index (χ0) is 17.5. The number of ether oxygens (including phenoxy) is 3. The van der Waals surface area contributed by atoms with Gasteiger partial charge in [0.05, 0.1) is 31.0 Å². The molecule has 0 heterocycles. The SMILES string of the molecule is CCOc1cc(C(=O)Nc2ccccc2OC)cc(Cl)c1OCC. The van der Waals surface area contributed by atoms with Crippen molar-refractivity contribution >= 4 is 23.2 Å². The molecule has 0 atom stereocenters. The molecule has 0 radical (unpaired) electrons. The number of carbonyl (C=O) groups is 1. The van der Waals surface area contributed by atoms with Crippen LogP contribution in [0.25, 0.3) is 0 Å². The maximum atomic E-state index is 12.5. The second kappa shape index (κ2) is 8.45. The molecule has 0 bridgehead atoms. The van der Waals surface area contributed by atoms with Gasteiger partial charge in [0, 0.05) is 5.56 Å². The molecule has 2 aromatic carbocycles. The highest BCUT2D eigenvalue weighted by molar-refractivity contribution is 6.32. The molecule has 0 aliphatic carbocycles. The summed E-state index contributed by atoms with van der Waals surface area (Å²) >= 11 is 6.24. The van der Waals surface area contributed by atoms with E-state index >= 15 is 0 Å². The van der Waals surface area contributed by atoms with Gasteiger partial charge in [-0.1, -0.05) is 23.7 Å². The van der Waals surface area contributed by atoms with Gasteiger partial charge in [-0.05, 0) is 38.1 Å². The van der Waals surface area contributed by atoms with Crippen molar-refractivity contribution in [3.63, 3.8) is 0 Å². The van der Waals surface area contributed by atoms with Gasteiger partial charge in [-0.3, -0.25) is 4.79 Å². The highest BCUT2D eigenvalue weighted by Gasteiger charge is 2.17. The van der Waals surface area contributed by atoms with Crippen LogP contribution in [0.4, 0.5) is 5.69 Å². The first-order valence-corrected chi connectivity index (χ1v) is 8.02. The van der Waals surface area contributed by atoms with E-state index in [2.05, 4.69) is 5.32 Å². The summed E-state index contributed by atoms with van der Waals surface area (Å²) in [6, 6.07) is 10.3. The van der Waals surface area contributed by atoms with Gasteiger partial charge < -0.3 is 19.5 Å². The number of hydrogen-bond donors (Lipinski definition) is 1. The third kappa shape index (κ3) is 4.11. The fourth-order valence-electron chi connectivity index (χ4n) is 2.19. The van der Waals surface area contributed by atoms with Crippen LogP contribution in [0, 0.1) is 0 Å². The Kier molecular flexibility index (Phi) is 6.32. The lowest BCUT2D eigenvalue weighted by Crippen LogP contribution is -2.13. The van der Waals surface area contributed by atoms with Gasteiger partial charge in [-0.25, -0.2) is 0 Å². The van der Waals surface area contributed by atoms with Crippen LogP contribution >= 0.6 is 11.6 Å². The summed E-state index contributed by atoms with van der Waals surface area (Å²) in [6.07, 6.45) is 0. The molecular formula is C18H20ClNO4. The first kappa shape index (κ1) is 17.9. The van der Waals surface area contributed by atoms with Crippen molar-refractivity contribution in [1.82, 2.24) is 0 Å². The Morgan fingerprint density at radius 3 is 2.46 bits per heavy atom. The second-order valence-corrected chi connectivity index (χ2v) is 5.21. The maximum Gasteiger partial charge on any atom is 0.255 e. The monoisotopic (exact) mass is 349 g/mol. The quantitative estimate of drug-likeness (QED) is 0.805. The summed E-state index contributed by atoms with van der Waals surface area (Å²) in [5.74, 6) is 1.14. The summed E-state index contributed by atoms with van der Waals surface area (Å²) in [7, 11) is 1.55. The molecule has 2 aromatic rings. The number of carbonyl (C=O) groups excluding carboxylic acids is 1. The largest absolute Gasteiger partial charge is 0.495 e. The standard InChI is InChI=1S/C18H20ClNO4/c1-4-23-16-11-12(10-13(19)17(16)24-5-2)18(21)20-14-8-6-7-9-15(14)22-3/h6-11H,4-5H2,1-3H3,(H,20,21). The van der Waals surface area contributed by atoms with Crippen LogP contribution in [0.15, 0.2) is 36.4 Å². The lowest BCUT2D eigenvalue weighted by molar-refractivity contribution is 0.102. The van der Waals surface area contributed by atoms with E-state index in [1.54, 1.807) is 31.4 Å². The van der Waals surface area contributed by atoms with Crippen molar-refractivity contribution in [3.05, 3.63) is 47.0 Å². The molecule has 1 N–H and O–H groups in total. The van der Waals surface area contributed by atoms with Gasteiger partial charge in [0.15, 0.2) is 11.5 Å². The number of nitrogens with one attached hydrogen (secondary N) is 1. The maximum absolute atomic E-state index is 12.5. The molecule has 1 amide bonds. The zero-order valence-corrected chi connectivity index (χ0v) is 14.6. The average molecular weight is 350 g/mol. The summed E-state index contributed by atoms with van der Waals surface area (Å²) in [6.45, 7) is 4.60. The Morgan fingerprint density at radius 2 is 1.79 bits per heavy atom. The Labute approximate surface area is 146 Å². The average Bonchev–Trinajstić information content (AvgIpc) is 2.58. The predicted molar refractivity (Wildman–Crippen MR) is 94.7 cm³/mol. The van der Waals surface area contributed by atoms with E-state index in [9.17, 15) is 4.79 Å². The summed E-state index contributed by atoms with van der Waals surface area (Å²) in [4.78, 5) is 12.5. The molecule has 0 unspecified atom stereocenters. The fraction of sp³-hybridized carbons (Fsp3) is 0.278. The van der Waals surface area contributed by atoms with Crippen molar-refractivity contribution in [1.29, 1.82) is 0 Å². The van der Waals surface area contributed by atoms with E-state index in [0.717, 1.165) is 0 Å². The van der Waals surface area contributed by atoms with Crippen LogP contribution in [-0.4, -0.2) is 26.2 Å². The Morgan fingerprint density at radius 1 is 1.08 bits per heavy atom. The molecule has 128 valence electrons. The Balaban J connectivity index is 2.32. The number of anilines is 1. The van der Waals surface area contributed by atoms with E-state index < -0.39 is 0 Å². The Bertz CT molecular complexity index is 718. The van der Waals surface area contributed by atoms with Gasteiger partial charge in [-0.2, -0.15) is 0 Å². The second-order valence-electron chi connectivity index (χ2n) is 4.81. The number of amides is 1. The Hall–Kier alpha value is -2.40. The van der Waals surface area contributed by atoms with E-state index in [1.807, 2.05) is 26.0 Å². The predicted octanol–water partition coefficient (Wildman–Crippen LogP) is 4.40. The lowest BCUT2D eigenvalue weighted by Gasteiger charge is -2.15. The number of rotatable bonds is 7. The lowest BCUT2D eigenvalue weighted by atomic mass is 10.1. The molecule has 0 fully saturated rings. The number of benzene rings is 2. The molecule has 0 spiro atoms. The molecule has 24 heavy (non-hydrogen) atoms. The summed E-state index contributed by atoms with van der Waals surface area (Å²) in [5, 5.41) is 3.13. The smallest absolute Gasteiger partial charge is 0.255 e. The van der Waals surface area contributed by atoms with E-state index in [1.165, 1.54) is 0 Å². The van der Waals surface area contributed by atoms with Crippen molar-refractivity contribution in [2.75, 3.05) is 25.6 Å². The number of para-hydroxylation sites is 2. The fourth-order valence-corrected chi connectivity index (χ4v) is 2.45. The highest BCUT2D eigenvalue weighted by Crippen LogP contribution is 2.37. The molecule has 0 saturated heterocycles. The first-order chi connectivity index (χ1) is 11.6. The molecule has 0 aliphatic rings. The van der Waals surface area contributed by atoms with Crippen molar-refractivity contribution in [2.24, 2.45) is 0 Å². The van der Waals surface area contributed by atoms with Crippen LogP contribution < -0.4 is 19.5 Å². The minimum Gasteiger partial charge on any atom is -0.495 e. The molecular weight excluding hydrogens is 330 g/mol. The van der Waals surface area contributed by atoms with Crippen molar-refractivity contribution in [2.45, 2.75) is 13.8 Å². The third-order valence-corrected chi connectivity index (χ3v) is 3.50. The topological polar surface area (TPSA) is 56.8 Å². The van der Waals surface area contributed by atoms with Crippen LogP contribution in [0.5, 0.6) is 17.2 Å². The molecule has 2 rings (SSSR count). The minimum absolute atomic E-state index is 0.314. The first-order valence-electron chi connectivity index (χ1n) is 7.64. The summed E-state index contributed by atoms with van der Waals surface area (Å²) < 4.78 is 16.3. The van der Waals surface area contributed by atoms with Crippen LogP contribution in [0.2, 0.25) is 5.02 Å². The minimum atomic E-state index is -0.314. The highest BCUT2D eigenvalue weighted by atomic mass is 35.5. The number of halogens is 1. The van der Waals surface area contributed by atoms with Crippen molar-refractivity contribution in [3.8, 4) is 17.2 Å². The van der Waals surface area contributed by atoms with E-state index in [0.29, 0.717) is 46.7 Å². The molecule has 6 heteroatoms. The zero-order valence-electron chi connectivity index (χ0n) is 13.9. The molecule has 0 saturated carbocycles. The number of hydrogen-bond acceptors (Lipinski definition) is 4. The number of methoxy groups -OCH3 is 1. The van der Waals surface area contributed by atoms with Crippen molar-refractivity contribution < 1.29 is 19.0 Å². The van der Waals surface area contributed by atoms with Gasteiger partial charge in [0.25, 0.3) is 5.91 Å². The van der Waals surface area contributed by atoms with Gasteiger partial charge in [0.2, 0.25) is 0 Å². The third-order valence-electron chi connectivity index (χ3n) is 3.22. The molecule has 0 aliphatic heterocycles. The van der Waals surface area contributed by atoms with Crippen LogP contribution in [0.3, 0.4) is 0 Å². The van der Waals surface area contributed by atoms with Crippen LogP contribution in [-0.2, 0) is 0 Å². The van der Waals surface area contributed by atoms with Gasteiger partial charge >= 0.3 is 0 Å². The van der Waals surface area contributed by atoms with E-state index in [-0.39, 0.29) is 5.91 Å². The molecule has 0 aromatic heterocycles. The van der Waals surface area contributed by atoms with Gasteiger partial charge in [0.1, 0.15) is 5.75 Å².